The molecule has 0 radical (unpaired) electrons. The van der Waals surface area contributed by atoms with E-state index in [1.807, 2.05) is 42.2 Å². The van der Waals surface area contributed by atoms with Gasteiger partial charge in [-0.05, 0) is 31.6 Å². The van der Waals surface area contributed by atoms with Gasteiger partial charge in [0.05, 0.1) is 5.69 Å². The third-order valence-corrected chi connectivity index (χ3v) is 4.68. The Morgan fingerprint density at radius 1 is 1.38 bits per heavy atom. The zero-order valence-electron chi connectivity index (χ0n) is 13.9. The van der Waals surface area contributed by atoms with Crippen LogP contribution in [0.2, 0.25) is 5.15 Å². The first-order valence-corrected chi connectivity index (χ1v) is 8.40. The van der Waals surface area contributed by atoms with Crippen molar-refractivity contribution in [2.24, 2.45) is 7.05 Å². The van der Waals surface area contributed by atoms with Gasteiger partial charge in [-0.1, -0.05) is 29.8 Å². The lowest BCUT2D eigenvalue weighted by atomic mass is 10.2. The summed E-state index contributed by atoms with van der Waals surface area (Å²) in [4.78, 5) is 14.2. The Morgan fingerprint density at radius 3 is 2.79 bits per heavy atom. The molecule has 1 atom stereocenters. The van der Waals surface area contributed by atoms with E-state index < -0.39 is 0 Å². The van der Waals surface area contributed by atoms with E-state index in [4.69, 9.17) is 11.6 Å². The van der Waals surface area contributed by atoms with Crippen molar-refractivity contribution < 1.29 is 4.79 Å². The van der Waals surface area contributed by atoms with Gasteiger partial charge in [-0.2, -0.15) is 5.10 Å². The highest BCUT2D eigenvalue weighted by molar-refractivity contribution is 6.31. The summed E-state index contributed by atoms with van der Waals surface area (Å²) in [5.41, 5.74) is 2.70. The lowest BCUT2D eigenvalue weighted by Gasteiger charge is -2.16. The third kappa shape index (κ3) is 3.62. The number of amides is 1. The van der Waals surface area contributed by atoms with Gasteiger partial charge in [-0.25, -0.2) is 0 Å². The first-order chi connectivity index (χ1) is 11.5. The normalized spacial score (nSPS) is 17.6. The molecule has 1 aliphatic rings. The van der Waals surface area contributed by atoms with Crippen molar-refractivity contribution in [3.8, 4) is 0 Å². The Bertz CT molecular complexity index is 754. The number of benzene rings is 1. The van der Waals surface area contributed by atoms with Crippen molar-refractivity contribution in [2.45, 2.75) is 19.4 Å². The van der Waals surface area contributed by atoms with Crippen LogP contribution in [-0.4, -0.2) is 39.7 Å². The van der Waals surface area contributed by atoms with E-state index in [0.717, 1.165) is 29.9 Å². The Kier molecular flexibility index (Phi) is 4.90. The number of hydrogen-bond acceptors (Lipinski definition) is 3. The molecule has 0 aliphatic carbocycles. The van der Waals surface area contributed by atoms with Gasteiger partial charge in [-0.3, -0.25) is 9.48 Å². The molecule has 126 valence electrons. The van der Waals surface area contributed by atoms with Crippen molar-refractivity contribution in [3.63, 3.8) is 0 Å². The van der Waals surface area contributed by atoms with Crippen LogP contribution >= 0.6 is 11.6 Å². The predicted molar refractivity (Wildman–Crippen MR) is 97.0 cm³/mol. The van der Waals surface area contributed by atoms with Crippen molar-refractivity contribution in [1.29, 1.82) is 0 Å². The number of nitrogens with one attached hydrogen (secondary N) is 1. The second-order valence-corrected chi connectivity index (χ2v) is 6.39. The summed E-state index contributed by atoms with van der Waals surface area (Å²) >= 11 is 6.18. The number of carbonyl (C=O) groups excluding carboxylic acids is 1. The molecule has 1 aliphatic heterocycles. The van der Waals surface area contributed by atoms with Crippen LogP contribution in [-0.2, 0) is 11.8 Å². The van der Waals surface area contributed by atoms with Crippen LogP contribution in [0.15, 0.2) is 36.4 Å². The molecule has 0 bridgehead atoms. The van der Waals surface area contributed by atoms with Gasteiger partial charge >= 0.3 is 0 Å². The number of aromatic nitrogens is 2. The van der Waals surface area contributed by atoms with Crippen molar-refractivity contribution in [1.82, 2.24) is 14.7 Å². The number of rotatable bonds is 4. The minimum absolute atomic E-state index is 0.00619. The van der Waals surface area contributed by atoms with Gasteiger partial charge in [0.1, 0.15) is 5.15 Å². The SMILES string of the molecule is Cc1nn(C)c(Cl)c1/C=C\C(=O)N1CC[C@H](Nc2ccccc2)C1. The molecule has 1 saturated heterocycles. The topological polar surface area (TPSA) is 50.2 Å². The molecule has 0 spiro atoms. The maximum Gasteiger partial charge on any atom is 0.246 e. The highest BCUT2D eigenvalue weighted by Crippen LogP contribution is 2.21. The summed E-state index contributed by atoms with van der Waals surface area (Å²) in [6.07, 6.45) is 4.28. The molecule has 5 nitrogen and oxygen atoms in total. The maximum atomic E-state index is 12.4. The fourth-order valence-corrected chi connectivity index (χ4v) is 3.18. The highest BCUT2D eigenvalue weighted by Gasteiger charge is 2.24. The smallest absolute Gasteiger partial charge is 0.246 e. The second kappa shape index (κ2) is 7.09. The molecular weight excluding hydrogens is 324 g/mol. The van der Waals surface area contributed by atoms with Crippen LogP contribution < -0.4 is 5.32 Å². The third-order valence-electron chi connectivity index (χ3n) is 4.23. The van der Waals surface area contributed by atoms with Gasteiger partial charge in [-0.15, -0.1) is 0 Å². The summed E-state index contributed by atoms with van der Waals surface area (Å²) in [6, 6.07) is 10.4. The van der Waals surface area contributed by atoms with Gasteiger partial charge in [0.2, 0.25) is 5.91 Å². The fourth-order valence-electron chi connectivity index (χ4n) is 2.94. The summed E-state index contributed by atoms with van der Waals surface area (Å²) < 4.78 is 1.61. The number of nitrogens with zero attached hydrogens (tertiary/aromatic N) is 3. The van der Waals surface area contributed by atoms with E-state index in [9.17, 15) is 4.79 Å². The van der Waals surface area contributed by atoms with E-state index >= 15 is 0 Å². The molecule has 1 amide bonds. The average Bonchev–Trinajstić information content (AvgIpc) is 3.12. The molecular formula is C18H21ClN4O. The first-order valence-electron chi connectivity index (χ1n) is 8.02. The molecule has 6 heteroatoms. The summed E-state index contributed by atoms with van der Waals surface area (Å²) in [7, 11) is 1.79. The quantitative estimate of drug-likeness (QED) is 0.867. The minimum atomic E-state index is 0.00619. The van der Waals surface area contributed by atoms with Crippen LogP contribution in [0.1, 0.15) is 17.7 Å². The maximum absolute atomic E-state index is 12.4. The first kappa shape index (κ1) is 16.6. The van der Waals surface area contributed by atoms with E-state index in [1.54, 1.807) is 23.9 Å². The molecule has 3 rings (SSSR count). The zero-order valence-corrected chi connectivity index (χ0v) is 14.6. The summed E-state index contributed by atoms with van der Waals surface area (Å²) in [5, 5.41) is 8.26. The van der Waals surface area contributed by atoms with E-state index in [-0.39, 0.29) is 11.9 Å². The molecule has 1 aromatic carbocycles. The molecule has 1 aromatic heterocycles. The number of carbonyl (C=O) groups is 1. The molecule has 2 aromatic rings. The van der Waals surface area contributed by atoms with Crippen LogP contribution in [0, 0.1) is 6.92 Å². The fraction of sp³-hybridized carbons (Fsp3) is 0.333. The minimum Gasteiger partial charge on any atom is -0.380 e. The standard InChI is InChI=1S/C18H21ClN4O/c1-13-16(18(19)22(2)21-13)8-9-17(24)23-11-10-15(12-23)20-14-6-4-3-5-7-14/h3-9,15,20H,10-12H2,1-2H3/b9-8-/t15-/m0/s1. The molecule has 1 N–H and O–H groups in total. The molecule has 0 saturated carbocycles. The number of anilines is 1. The Hall–Kier alpha value is -2.27. The van der Waals surface area contributed by atoms with Crippen molar-refractivity contribution in [2.75, 3.05) is 18.4 Å². The van der Waals surface area contributed by atoms with Gasteiger partial charge < -0.3 is 10.2 Å². The monoisotopic (exact) mass is 344 g/mol. The molecule has 0 unspecified atom stereocenters. The number of likely N-dealkylation sites (tertiary alicyclic amines) is 1. The number of aryl methyl sites for hydroxylation is 2. The Balaban J connectivity index is 1.59. The Labute approximate surface area is 146 Å². The summed E-state index contributed by atoms with van der Waals surface area (Å²) in [5.74, 6) is 0.00619. The van der Waals surface area contributed by atoms with Crippen molar-refractivity contribution in [3.05, 3.63) is 52.8 Å². The zero-order chi connectivity index (χ0) is 17.1. The second-order valence-electron chi connectivity index (χ2n) is 6.03. The molecule has 24 heavy (non-hydrogen) atoms. The molecule has 1 fully saturated rings. The van der Waals surface area contributed by atoms with E-state index in [2.05, 4.69) is 10.4 Å². The van der Waals surface area contributed by atoms with E-state index in [0.29, 0.717) is 11.7 Å². The average molecular weight is 345 g/mol. The van der Waals surface area contributed by atoms with Crippen LogP contribution in [0.4, 0.5) is 5.69 Å². The summed E-state index contributed by atoms with van der Waals surface area (Å²) in [6.45, 7) is 3.34. The lowest BCUT2D eigenvalue weighted by Crippen LogP contribution is -2.30. The van der Waals surface area contributed by atoms with Crippen LogP contribution in [0.5, 0.6) is 0 Å². The van der Waals surface area contributed by atoms with Crippen LogP contribution in [0.3, 0.4) is 0 Å². The Morgan fingerprint density at radius 2 is 2.12 bits per heavy atom. The van der Waals surface area contributed by atoms with Crippen molar-refractivity contribution >= 4 is 29.3 Å². The number of halogens is 1. The molecule has 2 heterocycles. The van der Waals surface area contributed by atoms with Crippen LogP contribution in [0.25, 0.3) is 6.08 Å². The van der Waals surface area contributed by atoms with Gasteiger partial charge in [0, 0.05) is 43.5 Å². The van der Waals surface area contributed by atoms with Gasteiger partial charge in [0.25, 0.3) is 0 Å². The number of para-hydroxylation sites is 1. The lowest BCUT2D eigenvalue weighted by molar-refractivity contribution is -0.124. The largest absolute Gasteiger partial charge is 0.380 e. The predicted octanol–water partition coefficient (Wildman–Crippen LogP) is 3.11. The van der Waals surface area contributed by atoms with Gasteiger partial charge in [0.15, 0.2) is 0 Å². The number of hydrogen-bond donors (Lipinski definition) is 1. The van der Waals surface area contributed by atoms with E-state index in [1.165, 1.54) is 0 Å². The highest BCUT2D eigenvalue weighted by atomic mass is 35.5.